The maximum absolute atomic E-state index is 12.7. The number of carbonyl (C=O) groups excluding carboxylic acids is 2. The number of hydrogen-bond donors (Lipinski definition) is 2. The fourth-order valence-electron chi connectivity index (χ4n) is 3.03. The molecule has 0 aromatic carbocycles. The van der Waals surface area contributed by atoms with E-state index in [2.05, 4.69) is 5.32 Å². The Morgan fingerprint density at radius 1 is 1.38 bits per heavy atom. The third-order valence-electron chi connectivity index (χ3n) is 4.44. The van der Waals surface area contributed by atoms with Crippen LogP contribution in [0.15, 0.2) is 0 Å². The Balaban J connectivity index is 1.93. The highest BCUT2D eigenvalue weighted by molar-refractivity contribution is 5.87. The molecule has 2 aliphatic rings. The monoisotopic (exact) mass is 297 g/mol. The summed E-state index contributed by atoms with van der Waals surface area (Å²) in [6.07, 6.45) is 3.76. The van der Waals surface area contributed by atoms with Gasteiger partial charge in [-0.25, -0.2) is 0 Å². The molecule has 0 aliphatic carbocycles. The Morgan fingerprint density at radius 2 is 2.10 bits per heavy atom. The van der Waals surface area contributed by atoms with Crippen LogP contribution in [0, 0.1) is 5.92 Å². The SMILES string of the molecule is CCCNC(=O)C1CCCN(C(=O)C2(N)CCOCC2)C1. The molecule has 0 bridgehead atoms. The summed E-state index contributed by atoms with van der Waals surface area (Å²) in [5.41, 5.74) is 5.46. The van der Waals surface area contributed by atoms with Crippen LogP contribution in [0.5, 0.6) is 0 Å². The van der Waals surface area contributed by atoms with Gasteiger partial charge in [-0.1, -0.05) is 6.92 Å². The average Bonchev–Trinajstić information content (AvgIpc) is 2.52. The van der Waals surface area contributed by atoms with E-state index in [0.717, 1.165) is 19.3 Å². The predicted octanol–water partition coefficient (Wildman–Crippen LogP) is 0.259. The third kappa shape index (κ3) is 3.95. The summed E-state index contributed by atoms with van der Waals surface area (Å²) < 4.78 is 5.29. The van der Waals surface area contributed by atoms with E-state index in [0.29, 0.717) is 45.7 Å². The van der Waals surface area contributed by atoms with Gasteiger partial charge in [-0.15, -0.1) is 0 Å². The summed E-state index contributed by atoms with van der Waals surface area (Å²) in [5, 5.41) is 2.92. The highest BCUT2D eigenvalue weighted by Crippen LogP contribution is 2.24. The molecule has 6 heteroatoms. The normalized spacial score (nSPS) is 25.4. The van der Waals surface area contributed by atoms with Crippen molar-refractivity contribution in [1.29, 1.82) is 0 Å². The van der Waals surface area contributed by atoms with Gasteiger partial charge in [0.05, 0.1) is 11.5 Å². The first-order chi connectivity index (χ1) is 10.1. The lowest BCUT2D eigenvalue weighted by molar-refractivity contribution is -0.143. The van der Waals surface area contributed by atoms with Gasteiger partial charge in [-0.2, -0.15) is 0 Å². The maximum Gasteiger partial charge on any atom is 0.242 e. The first-order valence-corrected chi connectivity index (χ1v) is 8.00. The van der Waals surface area contributed by atoms with Gasteiger partial charge in [0.1, 0.15) is 0 Å². The van der Waals surface area contributed by atoms with E-state index in [9.17, 15) is 9.59 Å². The molecule has 2 heterocycles. The number of likely N-dealkylation sites (tertiary alicyclic amines) is 1. The molecule has 2 amide bonds. The van der Waals surface area contributed by atoms with E-state index in [1.165, 1.54) is 0 Å². The maximum atomic E-state index is 12.7. The van der Waals surface area contributed by atoms with Crippen molar-refractivity contribution < 1.29 is 14.3 Å². The summed E-state index contributed by atoms with van der Waals surface area (Å²) in [6.45, 7) is 5.00. The van der Waals surface area contributed by atoms with E-state index >= 15 is 0 Å². The fraction of sp³-hybridized carbons (Fsp3) is 0.867. The van der Waals surface area contributed by atoms with Crippen molar-refractivity contribution in [2.75, 3.05) is 32.8 Å². The van der Waals surface area contributed by atoms with Gasteiger partial charge in [0.2, 0.25) is 11.8 Å². The molecular formula is C15H27N3O3. The summed E-state index contributed by atoms with van der Waals surface area (Å²) in [7, 11) is 0. The molecule has 1 unspecified atom stereocenters. The molecule has 0 radical (unpaired) electrons. The molecule has 2 aliphatic heterocycles. The second-order valence-electron chi connectivity index (χ2n) is 6.15. The molecule has 120 valence electrons. The Morgan fingerprint density at radius 3 is 2.76 bits per heavy atom. The zero-order valence-corrected chi connectivity index (χ0v) is 12.9. The van der Waals surface area contributed by atoms with Gasteiger partial charge >= 0.3 is 0 Å². The van der Waals surface area contributed by atoms with Crippen molar-refractivity contribution in [2.45, 2.75) is 44.6 Å². The van der Waals surface area contributed by atoms with E-state index in [4.69, 9.17) is 10.5 Å². The molecule has 2 fully saturated rings. The smallest absolute Gasteiger partial charge is 0.242 e. The number of nitrogens with two attached hydrogens (primary N) is 1. The van der Waals surface area contributed by atoms with E-state index in [1.807, 2.05) is 6.92 Å². The topological polar surface area (TPSA) is 84.7 Å². The van der Waals surface area contributed by atoms with Crippen LogP contribution < -0.4 is 11.1 Å². The van der Waals surface area contributed by atoms with Crippen LogP contribution in [-0.4, -0.2) is 55.1 Å². The predicted molar refractivity (Wildman–Crippen MR) is 79.6 cm³/mol. The molecule has 0 aromatic rings. The summed E-state index contributed by atoms with van der Waals surface area (Å²) in [4.78, 5) is 26.5. The first-order valence-electron chi connectivity index (χ1n) is 8.00. The van der Waals surface area contributed by atoms with Crippen molar-refractivity contribution in [3.8, 4) is 0 Å². The van der Waals surface area contributed by atoms with Gasteiger partial charge in [-0.05, 0) is 32.1 Å². The van der Waals surface area contributed by atoms with Crippen molar-refractivity contribution in [3.63, 3.8) is 0 Å². The second-order valence-corrected chi connectivity index (χ2v) is 6.15. The molecule has 6 nitrogen and oxygen atoms in total. The van der Waals surface area contributed by atoms with Crippen molar-refractivity contribution in [1.82, 2.24) is 10.2 Å². The second kappa shape index (κ2) is 7.22. The number of rotatable bonds is 4. The number of piperidine rings is 1. The van der Waals surface area contributed by atoms with E-state index < -0.39 is 5.54 Å². The van der Waals surface area contributed by atoms with Crippen molar-refractivity contribution in [2.24, 2.45) is 11.7 Å². The van der Waals surface area contributed by atoms with Gasteiger partial charge in [0.25, 0.3) is 0 Å². The minimum atomic E-state index is -0.806. The average molecular weight is 297 g/mol. The summed E-state index contributed by atoms with van der Waals surface area (Å²) in [5.74, 6) is -0.0520. The van der Waals surface area contributed by atoms with Gasteiger partial charge in [0, 0.05) is 32.8 Å². The van der Waals surface area contributed by atoms with Crippen LogP contribution in [0.3, 0.4) is 0 Å². The molecule has 0 saturated carbocycles. The standard InChI is InChI=1S/C15H27N3O3/c1-2-7-17-13(19)12-4-3-8-18(11-12)14(20)15(16)5-9-21-10-6-15/h12H,2-11,16H2,1H3,(H,17,19). The number of ether oxygens (including phenoxy) is 1. The number of hydrogen-bond acceptors (Lipinski definition) is 4. The quantitative estimate of drug-likeness (QED) is 0.779. The highest BCUT2D eigenvalue weighted by atomic mass is 16.5. The molecule has 2 rings (SSSR count). The van der Waals surface area contributed by atoms with E-state index in [1.54, 1.807) is 4.90 Å². The minimum absolute atomic E-state index is 0.0150. The Hall–Kier alpha value is -1.14. The number of nitrogens with zero attached hydrogens (tertiary/aromatic N) is 1. The molecule has 2 saturated heterocycles. The van der Waals surface area contributed by atoms with Crippen LogP contribution >= 0.6 is 0 Å². The summed E-state index contributed by atoms with van der Waals surface area (Å²) >= 11 is 0. The first kappa shape index (κ1) is 16.2. The minimum Gasteiger partial charge on any atom is -0.381 e. The zero-order valence-electron chi connectivity index (χ0n) is 12.9. The Bertz CT molecular complexity index is 380. The Labute approximate surface area is 126 Å². The van der Waals surface area contributed by atoms with Gasteiger partial charge < -0.3 is 20.7 Å². The third-order valence-corrected chi connectivity index (χ3v) is 4.44. The Kier molecular flexibility index (Phi) is 5.58. The van der Waals surface area contributed by atoms with Crippen molar-refractivity contribution >= 4 is 11.8 Å². The van der Waals surface area contributed by atoms with Crippen LogP contribution in [0.2, 0.25) is 0 Å². The molecule has 3 N–H and O–H groups in total. The molecule has 0 aromatic heterocycles. The lowest BCUT2D eigenvalue weighted by Crippen LogP contribution is -2.60. The molecular weight excluding hydrogens is 270 g/mol. The largest absolute Gasteiger partial charge is 0.381 e. The number of amides is 2. The molecule has 0 spiro atoms. The lowest BCUT2D eigenvalue weighted by atomic mass is 9.87. The lowest BCUT2D eigenvalue weighted by Gasteiger charge is -2.40. The number of carbonyl (C=O) groups is 2. The number of nitrogens with one attached hydrogen (secondary N) is 1. The zero-order chi connectivity index (χ0) is 15.3. The van der Waals surface area contributed by atoms with Crippen LogP contribution in [0.4, 0.5) is 0 Å². The fourth-order valence-corrected chi connectivity index (χ4v) is 3.03. The van der Waals surface area contributed by atoms with Crippen LogP contribution in [-0.2, 0) is 14.3 Å². The van der Waals surface area contributed by atoms with Crippen molar-refractivity contribution in [3.05, 3.63) is 0 Å². The molecule has 21 heavy (non-hydrogen) atoms. The van der Waals surface area contributed by atoms with Crippen LogP contribution in [0.25, 0.3) is 0 Å². The highest BCUT2D eigenvalue weighted by Gasteiger charge is 2.40. The summed E-state index contributed by atoms with van der Waals surface area (Å²) in [6, 6.07) is 0. The van der Waals surface area contributed by atoms with E-state index in [-0.39, 0.29) is 17.7 Å². The molecule has 1 atom stereocenters. The van der Waals surface area contributed by atoms with Gasteiger partial charge in [0.15, 0.2) is 0 Å². The van der Waals surface area contributed by atoms with Crippen LogP contribution in [0.1, 0.15) is 39.0 Å². The van der Waals surface area contributed by atoms with Gasteiger partial charge in [-0.3, -0.25) is 9.59 Å².